The van der Waals surface area contributed by atoms with Crippen molar-refractivity contribution in [1.29, 1.82) is 5.26 Å². The number of rotatable bonds is 3. The largest absolute Gasteiger partial charge is 0.364 e. The maximum Gasteiger partial charge on any atom is 0.149 e. The molecule has 0 saturated heterocycles. The van der Waals surface area contributed by atoms with Gasteiger partial charge in [0.15, 0.2) is 0 Å². The Balaban J connectivity index is 2.40. The van der Waals surface area contributed by atoms with Gasteiger partial charge in [-0.25, -0.2) is 0 Å². The lowest BCUT2D eigenvalue weighted by Gasteiger charge is -2.26. The van der Waals surface area contributed by atoms with Crippen molar-refractivity contribution in [2.45, 2.75) is 19.4 Å². The number of hydrogen-bond donors (Lipinski definition) is 1. The van der Waals surface area contributed by atoms with Gasteiger partial charge in [0.05, 0.1) is 16.1 Å². The molecule has 5 heteroatoms. The summed E-state index contributed by atoms with van der Waals surface area (Å²) in [5.74, 6) is 0. The maximum atomic E-state index is 9.55. The summed E-state index contributed by atoms with van der Waals surface area (Å²) in [4.78, 5) is 4.09. The van der Waals surface area contributed by atoms with Gasteiger partial charge in [-0.2, -0.15) is 5.26 Å². The molecule has 0 aliphatic carbocycles. The Morgan fingerprint density at radius 2 is 2.00 bits per heavy atom. The summed E-state index contributed by atoms with van der Waals surface area (Å²) < 4.78 is 0. The number of aryl methyl sites for hydroxylation is 1. The zero-order valence-electron chi connectivity index (χ0n) is 11.1. The van der Waals surface area contributed by atoms with Crippen LogP contribution >= 0.6 is 23.2 Å². The van der Waals surface area contributed by atoms with E-state index in [9.17, 15) is 5.26 Å². The second-order valence-corrected chi connectivity index (χ2v) is 5.50. The third kappa shape index (κ3) is 2.87. The average Bonchev–Trinajstić information content (AvgIpc) is 2.43. The van der Waals surface area contributed by atoms with Crippen LogP contribution in [0.1, 0.15) is 18.1 Å². The highest BCUT2D eigenvalue weighted by atomic mass is 35.5. The van der Waals surface area contributed by atoms with Gasteiger partial charge in [-0.15, -0.1) is 0 Å². The van der Waals surface area contributed by atoms with E-state index in [4.69, 9.17) is 23.2 Å². The van der Waals surface area contributed by atoms with Crippen molar-refractivity contribution in [3.63, 3.8) is 0 Å². The lowest BCUT2D eigenvalue weighted by Crippen LogP contribution is -2.31. The first-order chi connectivity index (χ1) is 9.46. The molecule has 0 fully saturated rings. The standard InChI is InChI=1S/C15H13Cl2N3/c1-10-5-6-19-8-12(10)15(2,9-18)20-11-3-4-13(16)14(17)7-11/h3-8,20H,1-2H3. The van der Waals surface area contributed by atoms with E-state index in [1.165, 1.54) is 0 Å². The molecular formula is C15H13Cl2N3. The summed E-state index contributed by atoms with van der Waals surface area (Å²) in [6, 6.07) is 9.35. The van der Waals surface area contributed by atoms with Crippen molar-refractivity contribution >= 4 is 28.9 Å². The van der Waals surface area contributed by atoms with Crippen LogP contribution in [-0.2, 0) is 5.54 Å². The quantitative estimate of drug-likeness (QED) is 0.905. The van der Waals surface area contributed by atoms with Crippen molar-refractivity contribution < 1.29 is 0 Å². The van der Waals surface area contributed by atoms with E-state index < -0.39 is 5.54 Å². The van der Waals surface area contributed by atoms with Gasteiger partial charge in [0, 0.05) is 23.6 Å². The van der Waals surface area contributed by atoms with E-state index in [1.54, 1.807) is 37.5 Å². The molecule has 0 amide bonds. The van der Waals surface area contributed by atoms with E-state index >= 15 is 0 Å². The summed E-state index contributed by atoms with van der Waals surface area (Å²) >= 11 is 11.9. The van der Waals surface area contributed by atoms with Crippen molar-refractivity contribution in [3.05, 3.63) is 57.8 Å². The third-order valence-corrected chi connectivity index (χ3v) is 3.85. The maximum absolute atomic E-state index is 9.55. The first-order valence-electron chi connectivity index (χ1n) is 6.02. The van der Waals surface area contributed by atoms with Crippen molar-refractivity contribution in [3.8, 4) is 6.07 Å². The highest BCUT2D eigenvalue weighted by Gasteiger charge is 2.28. The Kier molecular flexibility index (Phi) is 4.17. The summed E-state index contributed by atoms with van der Waals surface area (Å²) in [7, 11) is 0. The van der Waals surface area contributed by atoms with E-state index in [0.717, 1.165) is 16.8 Å². The molecule has 1 atom stereocenters. The fraction of sp³-hybridized carbons (Fsp3) is 0.200. The van der Waals surface area contributed by atoms with Crippen LogP contribution in [0.25, 0.3) is 0 Å². The highest BCUT2D eigenvalue weighted by Crippen LogP contribution is 2.31. The van der Waals surface area contributed by atoms with Gasteiger partial charge < -0.3 is 5.32 Å². The molecule has 2 aromatic rings. The predicted octanol–water partition coefficient (Wildman–Crippen LogP) is 4.55. The van der Waals surface area contributed by atoms with Crippen LogP contribution in [0, 0.1) is 18.3 Å². The van der Waals surface area contributed by atoms with Gasteiger partial charge in [0.1, 0.15) is 5.54 Å². The van der Waals surface area contributed by atoms with Gasteiger partial charge in [0.2, 0.25) is 0 Å². The molecule has 0 aliphatic heterocycles. The Bertz CT molecular complexity index is 679. The van der Waals surface area contributed by atoms with Gasteiger partial charge in [0.25, 0.3) is 0 Å². The molecule has 1 aromatic carbocycles. The molecule has 0 spiro atoms. The second kappa shape index (κ2) is 5.70. The normalized spacial score (nSPS) is 13.3. The molecule has 20 heavy (non-hydrogen) atoms. The Labute approximate surface area is 128 Å². The molecule has 3 nitrogen and oxygen atoms in total. The number of nitrogens with one attached hydrogen (secondary N) is 1. The van der Waals surface area contributed by atoms with Crippen molar-refractivity contribution in [1.82, 2.24) is 4.98 Å². The topological polar surface area (TPSA) is 48.7 Å². The minimum atomic E-state index is -0.893. The molecule has 1 unspecified atom stereocenters. The summed E-state index contributed by atoms with van der Waals surface area (Å²) in [5, 5.41) is 13.7. The van der Waals surface area contributed by atoms with E-state index in [0.29, 0.717) is 10.0 Å². The van der Waals surface area contributed by atoms with Gasteiger partial charge >= 0.3 is 0 Å². The molecule has 1 N–H and O–H groups in total. The molecule has 1 heterocycles. The molecular weight excluding hydrogens is 293 g/mol. The highest BCUT2D eigenvalue weighted by molar-refractivity contribution is 6.42. The monoisotopic (exact) mass is 305 g/mol. The van der Waals surface area contributed by atoms with Crippen molar-refractivity contribution in [2.75, 3.05) is 5.32 Å². The molecule has 0 radical (unpaired) electrons. The fourth-order valence-corrected chi connectivity index (χ4v) is 2.30. The first-order valence-corrected chi connectivity index (χ1v) is 6.77. The summed E-state index contributed by atoms with van der Waals surface area (Å²) in [6.07, 6.45) is 3.40. The van der Waals surface area contributed by atoms with E-state index in [2.05, 4.69) is 16.4 Å². The van der Waals surface area contributed by atoms with Crippen LogP contribution in [0.5, 0.6) is 0 Å². The van der Waals surface area contributed by atoms with E-state index in [-0.39, 0.29) is 0 Å². The Hall–Kier alpha value is -1.76. The number of aromatic nitrogens is 1. The molecule has 0 saturated carbocycles. The minimum Gasteiger partial charge on any atom is -0.364 e. The van der Waals surface area contributed by atoms with Crippen LogP contribution in [0.2, 0.25) is 10.0 Å². The van der Waals surface area contributed by atoms with E-state index in [1.807, 2.05) is 13.0 Å². The van der Waals surface area contributed by atoms with Crippen molar-refractivity contribution in [2.24, 2.45) is 0 Å². The summed E-state index contributed by atoms with van der Waals surface area (Å²) in [5.41, 5.74) is 1.66. The van der Waals surface area contributed by atoms with Crippen LogP contribution < -0.4 is 5.32 Å². The van der Waals surface area contributed by atoms with Crippen LogP contribution in [0.3, 0.4) is 0 Å². The number of anilines is 1. The smallest absolute Gasteiger partial charge is 0.149 e. The Morgan fingerprint density at radius 1 is 1.25 bits per heavy atom. The van der Waals surface area contributed by atoms with Crippen LogP contribution in [-0.4, -0.2) is 4.98 Å². The Morgan fingerprint density at radius 3 is 2.60 bits per heavy atom. The number of halogens is 2. The molecule has 2 rings (SSSR count). The minimum absolute atomic E-state index is 0.444. The van der Waals surface area contributed by atoms with Crippen LogP contribution in [0.4, 0.5) is 5.69 Å². The number of pyridine rings is 1. The van der Waals surface area contributed by atoms with Crippen LogP contribution in [0.15, 0.2) is 36.7 Å². The second-order valence-electron chi connectivity index (χ2n) is 4.68. The number of hydrogen-bond acceptors (Lipinski definition) is 3. The zero-order chi connectivity index (χ0) is 14.8. The fourth-order valence-electron chi connectivity index (χ4n) is 2.01. The third-order valence-electron chi connectivity index (χ3n) is 3.12. The lowest BCUT2D eigenvalue weighted by atomic mass is 9.91. The number of benzene rings is 1. The molecule has 102 valence electrons. The lowest BCUT2D eigenvalue weighted by molar-refractivity contribution is 0.696. The van der Waals surface area contributed by atoms with Gasteiger partial charge in [-0.1, -0.05) is 23.2 Å². The molecule has 0 bridgehead atoms. The first kappa shape index (κ1) is 14.6. The van der Waals surface area contributed by atoms with Gasteiger partial charge in [-0.05, 0) is 43.7 Å². The summed E-state index contributed by atoms with van der Waals surface area (Å²) in [6.45, 7) is 3.75. The average molecular weight is 306 g/mol. The SMILES string of the molecule is Cc1ccncc1C(C)(C#N)Nc1ccc(Cl)c(Cl)c1. The predicted molar refractivity (Wildman–Crippen MR) is 82.0 cm³/mol. The molecule has 1 aromatic heterocycles. The van der Waals surface area contributed by atoms with Gasteiger partial charge in [-0.3, -0.25) is 4.98 Å². The molecule has 0 aliphatic rings. The number of nitriles is 1. The number of nitrogens with zero attached hydrogens (tertiary/aromatic N) is 2. The zero-order valence-corrected chi connectivity index (χ0v) is 12.6.